The van der Waals surface area contributed by atoms with E-state index in [0.717, 1.165) is 5.88 Å². The minimum Gasteiger partial charge on any atom is -0.285 e. The number of hydrogen-bond donors (Lipinski definition) is 0. The lowest BCUT2D eigenvalue weighted by molar-refractivity contribution is 1.34. The Morgan fingerprint density at radius 2 is 2.09 bits per heavy atom. The molecule has 1 heterocycles. The van der Waals surface area contributed by atoms with Crippen LogP contribution in [0.4, 0.5) is 0 Å². The van der Waals surface area contributed by atoms with Gasteiger partial charge in [-0.05, 0) is 5.56 Å². The summed E-state index contributed by atoms with van der Waals surface area (Å²) >= 11 is 1.87. The molecule has 1 aliphatic rings. The van der Waals surface area contributed by atoms with Gasteiger partial charge in [-0.2, -0.15) is 0 Å². The van der Waals surface area contributed by atoms with Crippen molar-refractivity contribution in [1.82, 2.24) is 0 Å². The van der Waals surface area contributed by atoms with Crippen LogP contribution < -0.4 is 0 Å². The summed E-state index contributed by atoms with van der Waals surface area (Å²) in [5.41, 5.74) is 1.36. The number of thioether (sulfide) groups is 1. The fraction of sp³-hybridized carbons (Fsp3) is 0.222. The molecule has 56 valence electrons. The van der Waals surface area contributed by atoms with Crippen molar-refractivity contribution < 1.29 is 0 Å². The normalized spacial score (nSPS) is 22.4. The molecule has 11 heavy (non-hydrogen) atoms. The van der Waals surface area contributed by atoms with E-state index in [-0.39, 0.29) is 0 Å². The first-order valence-corrected chi connectivity index (χ1v) is 4.68. The van der Waals surface area contributed by atoms with Crippen LogP contribution in [0.25, 0.3) is 0 Å². The highest BCUT2D eigenvalue weighted by atomic mass is 32.2. The Morgan fingerprint density at radius 1 is 1.27 bits per heavy atom. The predicted octanol–water partition coefficient (Wildman–Crippen LogP) is 2.50. The maximum atomic E-state index is 4.18. The summed E-state index contributed by atoms with van der Waals surface area (Å²) in [5, 5.41) is 0.496. The van der Waals surface area contributed by atoms with E-state index in [1.54, 1.807) is 0 Å². The molecule has 1 atom stereocenters. The van der Waals surface area contributed by atoms with Gasteiger partial charge >= 0.3 is 0 Å². The second kappa shape index (κ2) is 3.09. The van der Waals surface area contributed by atoms with Gasteiger partial charge in [0.2, 0.25) is 0 Å². The summed E-state index contributed by atoms with van der Waals surface area (Å²) in [6.07, 6.45) is 2.03. The molecule has 0 saturated heterocycles. The van der Waals surface area contributed by atoms with Crippen molar-refractivity contribution >= 4 is 18.0 Å². The first-order valence-electron chi connectivity index (χ1n) is 3.63. The molecule has 0 bridgehead atoms. The van der Waals surface area contributed by atoms with Crippen molar-refractivity contribution in [2.45, 2.75) is 5.25 Å². The standard InChI is InChI=1S/C9H9NS/c1-2-4-8(5-3-1)9-6-10-7-11-9/h1-6,9H,7H2. The second-order valence-corrected chi connectivity index (χ2v) is 3.56. The van der Waals surface area contributed by atoms with Crippen LogP contribution in [0.2, 0.25) is 0 Å². The van der Waals surface area contributed by atoms with Crippen LogP contribution in [0.5, 0.6) is 0 Å². The average molecular weight is 163 g/mol. The van der Waals surface area contributed by atoms with E-state index in [1.165, 1.54) is 5.56 Å². The largest absolute Gasteiger partial charge is 0.285 e. The first kappa shape index (κ1) is 6.92. The van der Waals surface area contributed by atoms with Crippen molar-refractivity contribution in [2.24, 2.45) is 4.99 Å². The maximum absolute atomic E-state index is 4.18. The Morgan fingerprint density at radius 3 is 2.73 bits per heavy atom. The van der Waals surface area contributed by atoms with Gasteiger partial charge in [0.05, 0.1) is 11.1 Å². The molecule has 0 N–H and O–H groups in total. The minimum absolute atomic E-state index is 0.496. The van der Waals surface area contributed by atoms with Crippen LogP contribution in [-0.2, 0) is 0 Å². The van der Waals surface area contributed by atoms with Gasteiger partial charge in [0.1, 0.15) is 0 Å². The average Bonchev–Trinajstić information content (AvgIpc) is 2.58. The molecule has 0 aliphatic carbocycles. The molecule has 1 aliphatic heterocycles. The van der Waals surface area contributed by atoms with E-state index in [9.17, 15) is 0 Å². The maximum Gasteiger partial charge on any atom is 0.0850 e. The molecule has 2 heteroatoms. The van der Waals surface area contributed by atoms with E-state index in [1.807, 2.05) is 24.0 Å². The van der Waals surface area contributed by atoms with E-state index in [0.29, 0.717) is 5.25 Å². The van der Waals surface area contributed by atoms with Gasteiger partial charge in [0.25, 0.3) is 0 Å². The lowest BCUT2D eigenvalue weighted by atomic mass is 10.2. The van der Waals surface area contributed by atoms with Crippen molar-refractivity contribution in [3.8, 4) is 0 Å². The summed E-state index contributed by atoms with van der Waals surface area (Å²) in [4.78, 5) is 4.18. The summed E-state index contributed by atoms with van der Waals surface area (Å²) in [5.74, 6) is 0.916. The highest BCUT2D eigenvalue weighted by Crippen LogP contribution is 2.30. The molecule has 1 aromatic carbocycles. The number of aliphatic imine (C=N–C) groups is 1. The zero-order valence-electron chi connectivity index (χ0n) is 6.10. The topological polar surface area (TPSA) is 12.4 Å². The van der Waals surface area contributed by atoms with Crippen molar-refractivity contribution in [3.05, 3.63) is 35.9 Å². The molecule has 1 unspecified atom stereocenters. The summed E-state index contributed by atoms with van der Waals surface area (Å²) in [6.45, 7) is 0. The van der Waals surface area contributed by atoms with Crippen LogP contribution in [0, 0.1) is 0 Å². The van der Waals surface area contributed by atoms with Crippen LogP contribution >= 0.6 is 11.8 Å². The highest BCUT2D eigenvalue weighted by Gasteiger charge is 2.11. The molecule has 0 amide bonds. The zero-order chi connectivity index (χ0) is 7.52. The highest BCUT2D eigenvalue weighted by molar-refractivity contribution is 8.00. The van der Waals surface area contributed by atoms with Crippen molar-refractivity contribution in [3.63, 3.8) is 0 Å². The lowest BCUT2D eigenvalue weighted by Gasteiger charge is -2.03. The van der Waals surface area contributed by atoms with Crippen LogP contribution in [0.3, 0.4) is 0 Å². The Hall–Kier alpha value is -0.760. The van der Waals surface area contributed by atoms with Crippen LogP contribution in [-0.4, -0.2) is 12.1 Å². The lowest BCUT2D eigenvalue weighted by Crippen LogP contribution is -1.89. The van der Waals surface area contributed by atoms with Gasteiger partial charge in [0.15, 0.2) is 0 Å². The first-order chi connectivity index (χ1) is 5.47. The third-order valence-corrected chi connectivity index (χ3v) is 2.75. The Kier molecular flexibility index (Phi) is 1.95. The number of benzene rings is 1. The van der Waals surface area contributed by atoms with Gasteiger partial charge in [-0.15, -0.1) is 11.8 Å². The van der Waals surface area contributed by atoms with Gasteiger partial charge in [-0.25, -0.2) is 0 Å². The number of rotatable bonds is 1. The molecule has 0 fully saturated rings. The SMILES string of the molecule is C1=NCSC1c1ccccc1. The third kappa shape index (κ3) is 1.46. The Bertz CT molecular complexity index is 256. The van der Waals surface area contributed by atoms with Crippen molar-refractivity contribution in [2.75, 3.05) is 5.88 Å². The molecule has 0 spiro atoms. The van der Waals surface area contributed by atoms with Gasteiger partial charge in [-0.3, -0.25) is 4.99 Å². The van der Waals surface area contributed by atoms with Crippen molar-refractivity contribution in [1.29, 1.82) is 0 Å². The molecule has 0 radical (unpaired) electrons. The summed E-state index contributed by atoms with van der Waals surface area (Å²) in [7, 11) is 0. The Labute approximate surface area is 70.5 Å². The number of nitrogens with zero attached hydrogens (tertiary/aromatic N) is 1. The summed E-state index contributed by atoms with van der Waals surface area (Å²) in [6, 6.07) is 10.5. The predicted molar refractivity (Wildman–Crippen MR) is 50.1 cm³/mol. The molecule has 0 saturated carbocycles. The quantitative estimate of drug-likeness (QED) is 0.619. The van der Waals surface area contributed by atoms with E-state index >= 15 is 0 Å². The fourth-order valence-corrected chi connectivity index (χ4v) is 1.98. The molecule has 0 aromatic heterocycles. The van der Waals surface area contributed by atoms with E-state index in [4.69, 9.17) is 0 Å². The molecular weight excluding hydrogens is 154 g/mol. The number of hydrogen-bond acceptors (Lipinski definition) is 2. The molecule has 1 nitrogen and oxygen atoms in total. The minimum atomic E-state index is 0.496. The third-order valence-electron chi connectivity index (χ3n) is 1.70. The van der Waals surface area contributed by atoms with E-state index < -0.39 is 0 Å². The van der Waals surface area contributed by atoms with Crippen LogP contribution in [0.1, 0.15) is 10.8 Å². The molecular formula is C9H9NS. The smallest absolute Gasteiger partial charge is 0.0850 e. The van der Waals surface area contributed by atoms with E-state index in [2.05, 4.69) is 29.3 Å². The second-order valence-electron chi connectivity index (χ2n) is 2.46. The fourth-order valence-electron chi connectivity index (χ4n) is 1.13. The Balaban J connectivity index is 2.23. The van der Waals surface area contributed by atoms with Crippen LogP contribution in [0.15, 0.2) is 35.3 Å². The van der Waals surface area contributed by atoms with Gasteiger partial charge < -0.3 is 0 Å². The zero-order valence-corrected chi connectivity index (χ0v) is 6.92. The molecule has 1 aromatic rings. The van der Waals surface area contributed by atoms with Gasteiger partial charge in [-0.1, -0.05) is 30.3 Å². The molecule has 2 rings (SSSR count). The summed E-state index contributed by atoms with van der Waals surface area (Å²) < 4.78 is 0. The van der Waals surface area contributed by atoms with Gasteiger partial charge in [0, 0.05) is 6.21 Å². The monoisotopic (exact) mass is 163 g/mol.